The molecule has 1 fully saturated rings. The molecule has 0 saturated carbocycles. The van der Waals surface area contributed by atoms with E-state index in [2.05, 4.69) is 0 Å². The van der Waals surface area contributed by atoms with E-state index < -0.39 is 16.0 Å². The number of esters is 1. The predicted octanol–water partition coefficient (Wildman–Crippen LogP) is 1.21. The number of hydrogen-bond donors (Lipinski definition) is 0. The Morgan fingerprint density at radius 2 is 2.00 bits per heavy atom. The van der Waals surface area contributed by atoms with Gasteiger partial charge in [-0.25, -0.2) is 13.2 Å². The van der Waals surface area contributed by atoms with Crippen molar-refractivity contribution >= 4 is 16.0 Å². The largest absolute Gasteiger partial charge is 0.487 e. The van der Waals surface area contributed by atoms with Crippen molar-refractivity contribution < 1.29 is 27.4 Å². The molecule has 0 unspecified atom stereocenters. The molecule has 0 radical (unpaired) electrons. The number of carbonyl (C=O) groups excluding carboxylic acids is 1. The van der Waals surface area contributed by atoms with Crippen molar-refractivity contribution in [3.05, 3.63) is 23.3 Å². The molecule has 24 heavy (non-hydrogen) atoms. The molecular formula is C16H21NO6S. The van der Waals surface area contributed by atoms with Gasteiger partial charge in [-0.3, -0.25) is 0 Å². The maximum atomic E-state index is 11.9. The normalized spacial score (nSPS) is 20.0. The lowest BCUT2D eigenvalue weighted by Crippen LogP contribution is -2.55. The maximum Gasteiger partial charge on any atom is 0.338 e. The summed E-state index contributed by atoms with van der Waals surface area (Å²) in [4.78, 5) is 11.9. The van der Waals surface area contributed by atoms with Gasteiger partial charge in [0.1, 0.15) is 23.2 Å². The Balaban J connectivity index is 1.85. The summed E-state index contributed by atoms with van der Waals surface area (Å²) in [7, 11) is -1.88. The lowest BCUT2D eigenvalue weighted by atomic mass is 9.99. The fourth-order valence-electron chi connectivity index (χ4n) is 2.91. The SMILES string of the molecule is COC(=O)c1cc(OC2CN(S(C)(=O)=O)C2)c2c(c1)OC(C)(C)C2. The van der Waals surface area contributed by atoms with Crippen molar-refractivity contribution in [2.45, 2.75) is 32.0 Å². The van der Waals surface area contributed by atoms with E-state index in [-0.39, 0.29) is 11.7 Å². The fraction of sp³-hybridized carbons (Fsp3) is 0.562. The van der Waals surface area contributed by atoms with E-state index in [9.17, 15) is 13.2 Å². The van der Waals surface area contributed by atoms with Gasteiger partial charge in [0.05, 0.1) is 32.0 Å². The first-order valence-electron chi connectivity index (χ1n) is 7.65. The number of sulfonamides is 1. The van der Waals surface area contributed by atoms with Gasteiger partial charge in [-0.1, -0.05) is 0 Å². The second-order valence-corrected chi connectivity index (χ2v) is 8.78. The van der Waals surface area contributed by atoms with E-state index in [4.69, 9.17) is 14.2 Å². The van der Waals surface area contributed by atoms with Crippen molar-refractivity contribution in [3.63, 3.8) is 0 Å². The zero-order chi connectivity index (χ0) is 17.7. The highest BCUT2D eigenvalue weighted by Gasteiger charge is 2.38. The first kappa shape index (κ1) is 17.0. The van der Waals surface area contributed by atoms with Crippen LogP contribution in [-0.2, 0) is 21.2 Å². The number of fused-ring (bicyclic) bond motifs is 1. The van der Waals surface area contributed by atoms with Gasteiger partial charge in [0.2, 0.25) is 10.0 Å². The Kier molecular flexibility index (Phi) is 4.00. The molecule has 7 nitrogen and oxygen atoms in total. The molecule has 0 spiro atoms. The van der Waals surface area contributed by atoms with Crippen LogP contribution in [-0.4, -0.2) is 56.9 Å². The molecule has 0 aliphatic carbocycles. The van der Waals surface area contributed by atoms with Crippen LogP contribution in [0.25, 0.3) is 0 Å². The van der Waals surface area contributed by atoms with Crippen molar-refractivity contribution in [1.29, 1.82) is 0 Å². The van der Waals surface area contributed by atoms with Crippen molar-refractivity contribution in [1.82, 2.24) is 4.31 Å². The summed E-state index contributed by atoms with van der Waals surface area (Å²) in [5, 5.41) is 0. The lowest BCUT2D eigenvalue weighted by Gasteiger charge is -2.37. The molecule has 1 aromatic rings. The predicted molar refractivity (Wildman–Crippen MR) is 87.0 cm³/mol. The van der Waals surface area contributed by atoms with Gasteiger partial charge in [-0.05, 0) is 26.0 Å². The summed E-state index contributed by atoms with van der Waals surface area (Å²) in [6.07, 6.45) is 1.59. The van der Waals surface area contributed by atoms with Crippen molar-refractivity contribution in [2.24, 2.45) is 0 Å². The third kappa shape index (κ3) is 3.21. The molecule has 0 atom stereocenters. The highest BCUT2D eigenvalue weighted by Crippen LogP contribution is 2.42. The van der Waals surface area contributed by atoms with Crippen LogP contribution in [0.4, 0.5) is 0 Å². The van der Waals surface area contributed by atoms with Crippen molar-refractivity contribution in [3.8, 4) is 11.5 Å². The van der Waals surface area contributed by atoms with Gasteiger partial charge < -0.3 is 14.2 Å². The topological polar surface area (TPSA) is 82.1 Å². The first-order chi connectivity index (χ1) is 11.1. The molecule has 0 N–H and O–H groups in total. The molecule has 0 amide bonds. The van der Waals surface area contributed by atoms with E-state index >= 15 is 0 Å². The van der Waals surface area contributed by atoms with Crippen LogP contribution in [0.5, 0.6) is 11.5 Å². The highest BCUT2D eigenvalue weighted by atomic mass is 32.2. The highest BCUT2D eigenvalue weighted by molar-refractivity contribution is 7.88. The summed E-state index contributed by atoms with van der Waals surface area (Å²) in [6.45, 7) is 4.54. The zero-order valence-electron chi connectivity index (χ0n) is 14.2. The fourth-order valence-corrected chi connectivity index (χ4v) is 3.79. The van der Waals surface area contributed by atoms with Gasteiger partial charge >= 0.3 is 5.97 Å². The Labute approximate surface area is 141 Å². The minimum absolute atomic E-state index is 0.236. The van der Waals surface area contributed by atoms with Gasteiger partial charge in [0, 0.05) is 12.0 Å². The number of hydrogen-bond acceptors (Lipinski definition) is 6. The van der Waals surface area contributed by atoms with Gasteiger partial charge in [0.15, 0.2) is 0 Å². The Morgan fingerprint density at radius 1 is 1.33 bits per heavy atom. The lowest BCUT2D eigenvalue weighted by molar-refractivity contribution is 0.0595. The summed E-state index contributed by atoms with van der Waals surface area (Å²) in [6, 6.07) is 3.30. The first-order valence-corrected chi connectivity index (χ1v) is 9.50. The molecular weight excluding hydrogens is 334 g/mol. The minimum Gasteiger partial charge on any atom is -0.487 e. The third-order valence-corrected chi connectivity index (χ3v) is 5.39. The summed E-state index contributed by atoms with van der Waals surface area (Å²) in [5.41, 5.74) is 0.863. The van der Waals surface area contributed by atoms with Crippen LogP contribution in [0.15, 0.2) is 12.1 Å². The summed E-state index contributed by atoms with van der Waals surface area (Å²) >= 11 is 0. The van der Waals surface area contributed by atoms with Crippen LogP contribution in [0.3, 0.4) is 0 Å². The number of nitrogens with zero attached hydrogens (tertiary/aromatic N) is 1. The van der Waals surface area contributed by atoms with E-state index in [1.54, 1.807) is 12.1 Å². The average Bonchev–Trinajstić information content (AvgIpc) is 2.73. The number of methoxy groups -OCH3 is 1. The van der Waals surface area contributed by atoms with Crippen LogP contribution in [0.1, 0.15) is 29.8 Å². The minimum atomic E-state index is -3.19. The molecule has 8 heteroatoms. The van der Waals surface area contributed by atoms with Crippen LogP contribution in [0.2, 0.25) is 0 Å². The summed E-state index contributed by atoms with van der Waals surface area (Å²) in [5.74, 6) is 0.691. The summed E-state index contributed by atoms with van der Waals surface area (Å²) < 4.78 is 40.9. The van der Waals surface area contributed by atoms with Crippen LogP contribution in [0, 0.1) is 0 Å². The quantitative estimate of drug-likeness (QED) is 0.755. The monoisotopic (exact) mass is 355 g/mol. The van der Waals surface area contributed by atoms with Crippen LogP contribution < -0.4 is 9.47 Å². The molecule has 2 aliphatic rings. The molecule has 2 aliphatic heterocycles. The third-order valence-electron chi connectivity index (χ3n) is 4.16. The molecule has 3 rings (SSSR count). The molecule has 0 bridgehead atoms. The Morgan fingerprint density at radius 3 is 2.58 bits per heavy atom. The Hall–Kier alpha value is -1.80. The molecule has 1 saturated heterocycles. The van der Waals surface area contributed by atoms with Gasteiger partial charge in [-0.2, -0.15) is 4.31 Å². The van der Waals surface area contributed by atoms with Gasteiger partial charge in [-0.15, -0.1) is 0 Å². The van der Waals surface area contributed by atoms with Crippen LogP contribution >= 0.6 is 0 Å². The molecule has 2 heterocycles. The molecule has 0 aromatic heterocycles. The van der Waals surface area contributed by atoms with E-state index in [0.29, 0.717) is 36.6 Å². The van der Waals surface area contributed by atoms with E-state index in [0.717, 1.165) is 5.56 Å². The van der Waals surface area contributed by atoms with E-state index in [1.165, 1.54) is 17.7 Å². The van der Waals surface area contributed by atoms with Gasteiger partial charge in [0.25, 0.3) is 0 Å². The smallest absolute Gasteiger partial charge is 0.338 e. The number of benzene rings is 1. The molecule has 132 valence electrons. The van der Waals surface area contributed by atoms with E-state index in [1.807, 2.05) is 13.8 Å². The second-order valence-electron chi connectivity index (χ2n) is 6.80. The maximum absolute atomic E-state index is 11.9. The number of rotatable bonds is 4. The van der Waals surface area contributed by atoms with Crippen molar-refractivity contribution in [2.75, 3.05) is 26.5 Å². The second kappa shape index (κ2) is 5.63. The standard InChI is InChI=1S/C16H21NO6S/c1-16(2)7-12-13(22-11-8-17(9-11)24(4,19)20)5-10(15(18)21-3)6-14(12)23-16/h5-6,11H,7-9H2,1-4H3. The molecule has 1 aromatic carbocycles. The Bertz CT molecular complexity index is 780. The number of carbonyl (C=O) groups is 1. The zero-order valence-corrected chi connectivity index (χ0v) is 15.0. The average molecular weight is 355 g/mol. The number of ether oxygens (including phenoxy) is 3.